The Kier molecular flexibility index (Phi) is 3.31. The number of carboxylic acid groups (broad SMARTS) is 1. The van der Waals surface area contributed by atoms with E-state index in [1.54, 1.807) is 0 Å². The van der Waals surface area contributed by atoms with Crippen LogP contribution in [0.1, 0.15) is 36.8 Å². The average Bonchev–Trinajstić information content (AvgIpc) is 3.08. The van der Waals surface area contributed by atoms with Gasteiger partial charge in [-0.2, -0.15) is 0 Å². The summed E-state index contributed by atoms with van der Waals surface area (Å²) in [6.07, 6.45) is 5.31. The summed E-state index contributed by atoms with van der Waals surface area (Å²) in [6.45, 7) is 3.60. The van der Waals surface area contributed by atoms with E-state index in [1.807, 2.05) is 12.1 Å². The fourth-order valence-corrected chi connectivity index (χ4v) is 3.03. The number of aliphatic carboxylic acids is 1. The first-order chi connectivity index (χ1) is 9.21. The third kappa shape index (κ3) is 2.52. The third-order valence-electron chi connectivity index (χ3n) is 4.58. The van der Waals surface area contributed by atoms with Crippen LogP contribution in [-0.4, -0.2) is 35.6 Å². The second kappa shape index (κ2) is 4.97. The SMILES string of the molecule is O=C(O)C1(c2ccc(CCN3CCCC3)cc2)CC1. The van der Waals surface area contributed by atoms with Gasteiger partial charge in [-0.15, -0.1) is 0 Å². The van der Waals surface area contributed by atoms with Crippen molar-refractivity contribution in [2.45, 2.75) is 37.5 Å². The lowest BCUT2D eigenvalue weighted by molar-refractivity contribution is -0.140. The van der Waals surface area contributed by atoms with Gasteiger partial charge in [0.25, 0.3) is 0 Å². The smallest absolute Gasteiger partial charge is 0.314 e. The Labute approximate surface area is 114 Å². The van der Waals surface area contributed by atoms with E-state index in [9.17, 15) is 9.90 Å². The van der Waals surface area contributed by atoms with E-state index < -0.39 is 11.4 Å². The summed E-state index contributed by atoms with van der Waals surface area (Å²) in [5.41, 5.74) is 1.73. The number of hydrogen-bond acceptors (Lipinski definition) is 2. The van der Waals surface area contributed by atoms with Crippen LogP contribution >= 0.6 is 0 Å². The van der Waals surface area contributed by atoms with Crippen LogP contribution < -0.4 is 0 Å². The molecule has 1 aromatic carbocycles. The second-order valence-corrected chi connectivity index (χ2v) is 5.88. The van der Waals surface area contributed by atoms with Crippen LogP contribution in [0, 0.1) is 0 Å². The Morgan fingerprint density at radius 2 is 1.79 bits per heavy atom. The van der Waals surface area contributed by atoms with Crippen LogP contribution in [-0.2, 0) is 16.6 Å². The molecule has 0 unspecified atom stereocenters. The summed E-state index contributed by atoms with van der Waals surface area (Å²) in [7, 11) is 0. The minimum atomic E-state index is -0.669. The predicted molar refractivity (Wildman–Crippen MR) is 74.4 cm³/mol. The maximum Gasteiger partial charge on any atom is 0.314 e. The molecule has 1 saturated carbocycles. The van der Waals surface area contributed by atoms with Gasteiger partial charge in [0, 0.05) is 6.54 Å². The Bertz CT molecular complexity index is 456. The Morgan fingerprint density at radius 3 is 2.32 bits per heavy atom. The molecule has 2 fully saturated rings. The van der Waals surface area contributed by atoms with Crippen molar-refractivity contribution in [3.8, 4) is 0 Å². The van der Waals surface area contributed by atoms with Gasteiger partial charge in [0.1, 0.15) is 0 Å². The third-order valence-corrected chi connectivity index (χ3v) is 4.58. The minimum absolute atomic E-state index is 0.562. The topological polar surface area (TPSA) is 40.5 Å². The van der Waals surface area contributed by atoms with E-state index in [0.717, 1.165) is 31.4 Å². The molecule has 0 radical (unpaired) electrons. The van der Waals surface area contributed by atoms with Crippen molar-refractivity contribution in [1.82, 2.24) is 4.90 Å². The molecule has 1 N–H and O–H groups in total. The molecule has 0 bridgehead atoms. The summed E-state index contributed by atoms with van der Waals surface area (Å²) in [4.78, 5) is 13.8. The molecule has 2 aliphatic rings. The van der Waals surface area contributed by atoms with Crippen molar-refractivity contribution in [1.29, 1.82) is 0 Å². The van der Waals surface area contributed by atoms with Crippen molar-refractivity contribution >= 4 is 5.97 Å². The number of rotatable bonds is 5. The second-order valence-electron chi connectivity index (χ2n) is 5.88. The van der Waals surface area contributed by atoms with Gasteiger partial charge in [-0.05, 0) is 56.3 Å². The first-order valence-corrected chi connectivity index (χ1v) is 7.26. The highest BCUT2D eigenvalue weighted by atomic mass is 16.4. The molecule has 1 aliphatic carbocycles. The molecule has 1 saturated heterocycles. The molecule has 1 heterocycles. The molecule has 3 heteroatoms. The van der Waals surface area contributed by atoms with E-state index in [4.69, 9.17) is 0 Å². The number of benzene rings is 1. The van der Waals surface area contributed by atoms with Gasteiger partial charge in [0.15, 0.2) is 0 Å². The first-order valence-electron chi connectivity index (χ1n) is 7.26. The lowest BCUT2D eigenvalue weighted by Gasteiger charge is -2.15. The molecule has 19 heavy (non-hydrogen) atoms. The van der Waals surface area contributed by atoms with Gasteiger partial charge < -0.3 is 10.0 Å². The van der Waals surface area contributed by atoms with Gasteiger partial charge in [-0.25, -0.2) is 0 Å². The number of carboxylic acids is 1. The van der Waals surface area contributed by atoms with Gasteiger partial charge in [0.05, 0.1) is 5.41 Å². The molecule has 0 aromatic heterocycles. The zero-order valence-electron chi connectivity index (χ0n) is 11.3. The normalized spacial score (nSPS) is 21.5. The molecule has 0 spiro atoms. The van der Waals surface area contributed by atoms with Gasteiger partial charge >= 0.3 is 5.97 Å². The van der Waals surface area contributed by atoms with Crippen molar-refractivity contribution in [2.24, 2.45) is 0 Å². The van der Waals surface area contributed by atoms with Crippen molar-refractivity contribution in [3.63, 3.8) is 0 Å². The Balaban J connectivity index is 1.61. The fourth-order valence-electron chi connectivity index (χ4n) is 3.03. The molecule has 3 nitrogen and oxygen atoms in total. The zero-order valence-corrected chi connectivity index (χ0v) is 11.3. The van der Waals surface area contributed by atoms with Crippen molar-refractivity contribution in [3.05, 3.63) is 35.4 Å². The van der Waals surface area contributed by atoms with Crippen LogP contribution in [0.4, 0.5) is 0 Å². The summed E-state index contributed by atoms with van der Waals surface area (Å²) in [6, 6.07) is 8.24. The van der Waals surface area contributed by atoms with Crippen molar-refractivity contribution in [2.75, 3.05) is 19.6 Å². The summed E-state index contributed by atoms with van der Waals surface area (Å²) in [5.74, 6) is -0.669. The average molecular weight is 259 g/mol. The molecule has 3 rings (SSSR count). The van der Waals surface area contributed by atoms with Crippen molar-refractivity contribution < 1.29 is 9.90 Å². The van der Waals surface area contributed by atoms with E-state index in [-0.39, 0.29) is 0 Å². The lowest BCUT2D eigenvalue weighted by Crippen LogP contribution is -2.22. The maximum atomic E-state index is 11.3. The molecule has 1 aromatic rings. The molecular formula is C16H21NO2. The highest BCUT2D eigenvalue weighted by molar-refractivity contribution is 5.84. The highest BCUT2D eigenvalue weighted by Crippen LogP contribution is 2.48. The van der Waals surface area contributed by atoms with E-state index in [2.05, 4.69) is 17.0 Å². The number of carbonyl (C=O) groups is 1. The molecule has 0 atom stereocenters. The van der Waals surface area contributed by atoms with E-state index in [0.29, 0.717) is 0 Å². The molecule has 0 amide bonds. The first kappa shape index (κ1) is 12.7. The largest absolute Gasteiger partial charge is 0.481 e. The van der Waals surface area contributed by atoms with Gasteiger partial charge in [-0.1, -0.05) is 24.3 Å². The number of hydrogen-bond donors (Lipinski definition) is 1. The monoisotopic (exact) mass is 259 g/mol. The fraction of sp³-hybridized carbons (Fsp3) is 0.562. The Hall–Kier alpha value is -1.35. The minimum Gasteiger partial charge on any atom is -0.481 e. The molecule has 102 valence electrons. The van der Waals surface area contributed by atoms with Crippen LogP contribution in [0.3, 0.4) is 0 Å². The Morgan fingerprint density at radius 1 is 1.16 bits per heavy atom. The van der Waals surface area contributed by atoms with Crippen LogP contribution in [0.15, 0.2) is 24.3 Å². The quantitative estimate of drug-likeness (QED) is 0.883. The predicted octanol–water partition coefficient (Wildman–Crippen LogP) is 2.44. The lowest BCUT2D eigenvalue weighted by atomic mass is 9.95. The zero-order chi connectivity index (χ0) is 13.3. The van der Waals surface area contributed by atoms with Crippen LogP contribution in [0.5, 0.6) is 0 Å². The maximum absolute atomic E-state index is 11.3. The van der Waals surface area contributed by atoms with Gasteiger partial charge in [0.2, 0.25) is 0 Å². The standard InChI is InChI=1S/C16H21NO2/c18-15(19)16(8-9-16)14-5-3-13(4-6-14)7-12-17-10-1-2-11-17/h3-6H,1-2,7-12H2,(H,18,19). The number of nitrogens with zero attached hydrogens (tertiary/aromatic N) is 1. The number of likely N-dealkylation sites (tertiary alicyclic amines) is 1. The summed E-state index contributed by atoms with van der Waals surface area (Å²) >= 11 is 0. The van der Waals surface area contributed by atoms with E-state index >= 15 is 0 Å². The highest BCUT2D eigenvalue weighted by Gasteiger charge is 2.51. The molecule has 1 aliphatic heterocycles. The molecular weight excluding hydrogens is 238 g/mol. The van der Waals surface area contributed by atoms with E-state index in [1.165, 1.54) is 31.5 Å². The van der Waals surface area contributed by atoms with Gasteiger partial charge in [-0.3, -0.25) is 4.79 Å². The summed E-state index contributed by atoms with van der Waals surface area (Å²) < 4.78 is 0. The summed E-state index contributed by atoms with van der Waals surface area (Å²) in [5, 5.41) is 9.27. The van der Waals surface area contributed by atoms with Crippen LogP contribution in [0.25, 0.3) is 0 Å². The van der Waals surface area contributed by atoms with Crippen LogP contribution in [0.2, 0.25) is 0 Å².